The summed E-state index contributed by atoms with van der Waals surface area (Å²) in [5.41, 5.74) is 0. The number of hydrogen-bond donors (Lipinski definition) is 2. The summed E-state index contributed by atoms with van der Waals surface area (Å²) in [5.74, 6) is -0.166. The molecule has 6 nitrogen and oxygen atoms in total. The number of hydrogen-bond acceptors (Lipinski definition) is 4. The van der Waals surface area contributed by atoms with E-state index in [0.29, 0.717) is 18.3 Å². The summed E-state index contributed by atoms with van der Waals surface area (Å²) in [6, 6.07) is -1.15. The van der Waals surface area contributed by atoms with E-state index in [1.54, 1.807) is 4.90 Å². The summed E-state index contributed by atoms with van der Waals surface area (Å²) < 4.78 is 0. The Labute approximate surface area is 110 Å². The van der Waals surface area contributed by atoms with Crippen LogP contribution in [0.5, 0.6) is 0 Å². The number of nitrogens with zero attached hydrogens (tertiary/aromatic N) is 2. The highest BCUT2D eigenvalue weighted by Crippen LogP contribution is 2.23. The number of carboxylic acid groups (broad SMARTS) is 1. The first-order valence-electron chi connectivity index (χ1n) is 6.07. The molecule has 0 aromatic heterocycles. The predicted molar refractivity (Wildman–Crippen MR) is 67.6 cm³/mol. The lowest BCUT2D eigenvalue weighted by Gasteiger charge is -2.34. The van der Waals surface area contributed by atoms with Gasteiger partial charge in [-0.3, -0.25) is 0 Å². The lowest BCUT2D eigenvalue weighted by atomic mass is 10.2. The number of amides is 2. The van der Waals surface area contributed by atoms with Crippen LogP contribution in [0.3, 0.4) is 0 Å². The minimum Gasteiger partial charge on any atom is -0.480 e. The maximum Gasteiger partial charge on any atom is 0.326 e. The minimum absolute atomic E-state index is 0.119. The van der Waals surface area contributed by atoms with Gasteiger partial charge < -0.3 is 20.0 Å². The molecule has 0 bridgehead atoms. The monoisotopic (exact) mass is 274 g/mol. The van der Waals surface area contributed by atoms with Gasteiger partial charge in [-0.1, -0.05) is 6.92 Å². The average Bonchev–Trinajstić information content (AvgIpc) is 2.70. The quantitative estimate of drug-likeness (QED) is 0.707. The zero-order valence-corrected chi connectivity index (χ0v) is 11.1. The van der Waals surface area contributed by atoms with Crippen LogP contribution in [-0.2, 0) is 4.79 Å². The number of aliphatic hydroxyl groups excluding tert-OH is 1. The molecule has 7 heteroatoms. The fourth-order valence-electron chi connectivity index (χ4n) is 2.43. The predicted octanol–water partition coefficient (Wildman–Crippen LogP) is 0.0635. The van der Waals surface area contributed by atoms with Crippen molar-refractivity contribution in [2.45, 2.75) is 30.7 Å². The molecular formula is C11H18N2O4S. The number of carbonyl (C=O) groups is 2. The van der Waals surface area contributed by atoms with Crippen molar-refractivity contribution in [1.29, 1.82) is 0 Å². The first kappa shape index (κ1) is 13.5. The molecule has 2 rings (SSSR count). The van der Waals surface area contributed by atoms with Gasteiger partial charge in [0.15, 0.2) is 0 Å². The molecule has 0 saturated carbocycles. The summed E-state index contributed by atoms with van der Waals surface area (Å²) in [5, 5.41) is 19.0. The van der Waals surface area contributed by atoms with Crippen molar-refractivity contribution in [3.63, 3.8) is 0 Å². The zero-order valence-electron chi connectivity index (χ0n) is 10.3. The molecule has 0 radical (unpaired) electrons. The van der Waals surface area contributed by atoms with Crippen LogP contribution in [0.2, 0.25) is 0 Å². The molecule has 2 N–H and O–H groups in total. The van der Waals surface area contributed by atoms with E-state index in [4.69, 9.17) is 5.11 Å². The molecule has 2 fully saturated rings. The van der Waals surface area contributed by atoms with E-state index in [-0.39, 0.29) is 19.0 Å². The van der Waals surface area contributed by atoms with E-state index in [9.17, 15) is 14.7 Å². The molecule has 2 amide bonds. The van der Waals surface area contributed by atoms with Gasteiger partial charge in [0.1, 0.15) is 6.04 Å². The molecule has 3 atom stereocenters. The topological polar surface area (TPSA) is 81.1 Å². The third-order valence-electron chi connectivity index (χ3n) is 3.32. The van der Waals surface area contributed by atoms with Crippen molar-refractivity contribution in [3.8, 4) is 0 Å². The number of thioether (sulfide) groups is 1. The summed E-state index contributed by atoms with van der Waals surface area (Å²) in [4.78, 5) is 26.3. The van der Waals surface area contributed by atoms with Gasteiger partial charge in [-0.05, 0) is 0 Å². The Morgan fingerprint density at radius 3 is 2.67 bits per heavy atom. The van der Waals surface area contributed by atoms with Gasteiger partial charge in [-0.25, -0.2) is 9.59 Å². The number of likely N-dealkylation sites (tertiary alicyclic amines) is 1. The first-order chi connectivity index (χ1) is 8.49. The van der Waals surface area contributed by atoms with Gasteiger partial charge in [0, 0.05) is 37.1 Å². The summed E-state index contributed by atoms with van der Waals surface area (Å²) in [6.45, 7) is 3.46. The molecular weight excluding hydrogens is 256 g/mol. The standard InChI is InChI=1S/C11H18N2O4S/c1-7-5-12(2-3-18-7)11(17)13-6-8(14)4-9(13)10(15)16/h7-9,14H,2-6H2,1H3,(H,15,16)/t7?,8-,9+/m1/s1. The van der Waals surface area contributed by atoms with E-state index < -0.39 is 18.1 Å². The van der Waals surface area contributed by atoms with Crippen LogP contribution >= 0.6 is 11.8 Å². The van der Waals surface area contributed by atoms with Crippen LogP contribution in [-0.4, -0.2) is 74.8 Å². The molecule has 0 aromatic carbocycles. The average molecular weight is 274 g/mol. The lowest BCUT2D eigenvalue weighted by Crippen LogP contribution is -2.51. The van der Waals surface area contributed by atoms with E-state index in [0.717, 1.165) is 5.75 Å². The molecule has 0 aromatic rings. The van der Waals surface area contributed by atoms with Crippen LogP contribution in [0.15, 0.2) is 0 Å². The second-order valence-corrected chi connectivity index (χ2v) is 6.35. The Hall–Kier alpha value is -0.950. The van der Waals surface area contributed by atoms with Crippen LogP contribution in [0, 0.1) is 0 Å². The molecule has 2 saturated heterocycles. The Bertz CT molecular complexity index is 352. The van der Waals surface area contributed by atoms with Crippen LogP contribution in [0.25, 0.3) is 0 Å². The second-order valence-electron chi connectivity index (χ2n) is 4.81. The largest absolute Gasteiger partial charge is 0.480 e. The van der Waals surface area contributed by atoms with E-state index >= 15 is 0 Å². The van der Waals surface area contributed by atoms with E-state index in [2.05, 4.69) is 6.92 Å². The van der Waals surface area contributed by atoms with Gasteiger partial charge in [0.25, 0.3) is 0 Å². The van der Waals surface area contributed by atoms with Gasteiger partial charge in [-0.15, -0.1) is 0 Å². The highest BCUT2D eigenvalue weighted by molar-refractivity contribution is 7.99. The van der Waals surface area contributed by atoms with Crippen molar-refractivity contribution in [1.82, 2.24) is 9.80 Å². The van der Waals surface area contributed by atoms with E-state index in [1.165, 1.54) is 4.90 Å². The lowest BCUT2D eigenvalue weighted by molar-refractivity contribution is -0.141. The minimum atomic E-state index is -1.04. The van der Waals surface area contributed by atoms with Crippen LogP contribution in [0.1, 0.15) is 13.3 Å². The summed E-state index contributed by atoms with van der Waals surface area (Å²) in [6.07, 6.45) is -0.606. The summed E-state index contributed by atoms with van der Waals surface area (Å²) in [7, 11) is 0. The Morgan fingerprint density at radius 1 is 1.33 bits per heavy atom. The van der Waals surface area contributed by atoms with Crippen molar-refractivity contribution >= 4 is 23.8 Å². The number of rotatable bonds is 1. The maximum absolute atomic E-state index is 12.3. The van der Waals surface area contributed by atoms with Gasteiger partial charge in [0.05, 0.1) is 6.10 Å². The molecule has 102 valence electrons. The fourth-order valence-corrected chi connectivity index (χ4v) is 3.45. The number of carbonyl (C=O) groups excluding carboxylic acids is 1. The van der Waals surface area contributed by atoms with Crippen LogP contribution < -0.4 is 0 Å². The highest BCUT2D eigenvalue weighted by Gasteiger charge is 2.41. The first-order valence-corrected chi connectivity index (χ1v) is 7.12. The zero-order chi connectivity index (χ0) is 13.3. The molecule has 18 heavy (non-hydrogen) atoms. The molecule has 1 unspecified atom stereocenters. The van der Waals surface area contributed by atoms with Crippen molar-refractivity contribution < 1.29 is 19.8 Å². The molecule has 2 aliphatic heterocycles. The smallest absolute Gasteiger partial charge is 0.326 e. The summed E-state index contributed by atoms with van der Waals surface area (Å²) >= 11 is 1.81. The Morgan fingerprint density at radius 2 is 2.06 bits per heavy atom. The Kier molecular flexibility index (Phi) is 4.01. The third kappa shape index (κ3) is 2.72. The number of aliphatic carboxylic acids is 1. The highest BCUT2D eigenvalue weighted by atomic mass is 32.2. The van der Waals surface area contributed by atoms with Gasteiger partial charge in [0.2, 0.25) is 0 Å². The number of carboxylic acids is 1. The SMILES string of the molecule is CC1CN(C(=O)N2C[C@H](O)C[C@H]2C(=O)O)CCS1. The molecule has 2 aliphatic rings. The molecule has 2 heterocycles. The third-order valence-corrected chi connectivity index (χ3v) is 4.46. The second kappa shape index (κ2) is 5.36. The maximum atomic E-state index is 12.3. The fraction of sp³-hybridized carbons (Fsp3) is 0.818. The normalized spacial score (nSPS) is 32.7. The Balaban J connectivity index is 2.05. The van der Waals surface area contributed by atoms with Gasteiger partial charge in [-0.2, -0.15) is 11.8 Å². The van der Waals surface area contributed by atoms with E-state index in [1.807, 2.05) is 11.8 Å². The molecule has 0 spiro atoms. The van der Waals surface area contributed by atoms with Crippen molar-refractivity contribution in [3.05, 3.63) is 0 Å². The number of β-amino-alcohol motifs (C(OH)–C–C–N with tert-alkyl or cyclic N) is 1. The number of urea groups is 1. The van der Waals surface area contributed by atoms with Crippen molar-refractivity contribution in [2.75, 3.05) is 25.4 Å². The molecule has 0 aliphatic carbocycles. The van der Waals surface area contributed by atoms with Crippen molar-refractivity contribution in [2.24, 2.45) is 0 Å². The van der Waals surface area contributed by atoms with Crippen LogP contribution in [0.4, 0.5) is 4.79 Å². The van der Waals surface area contributed by atoms with Gasteiger partial charge >= 0.3 is 12.0 Å². The number of aliphatic hydroxyl groups is 1.